The lowest BCUT2D eigenvalue weighted by Gasteiger charge is -2.35. The van der Waals surface area contributed by atoms with Crippen LogP contribution in [0, 0.1) is 19.8 Å². The van der Waals surface area contributed by atoms with Gasteiger partial charge in [-0.3, -0.25) is 4.79 Å². The van der Waals surface area contributed by atoms with E-state index in [0.29, 0.717) is 19.0 Å². The molecule has 5 heterocycles. The summed E-state index contributed by atoms with van der Waals surface area (Å²) >= 11 is 0. The Labute approximate surface area is 152 Å². The van der Waals surface area contributed by atoms with Crippen LogP contribution in [-0.4, -0.2) is 52.2 Å². The lowest BCUT2D eigenvalue weighted by molar-refractivity contribution is -0.140. The first kappa shape index (κ1) is 16.8. The Balaban J connectivity index is 1.60. The summed E-state index contributed by atoms with van der Waals surface area (Å²) in [7, 11) is 1.59. The first-order chi connectivity index (χ1) is 12.6. The molecule has 0 aliphatic carbocycles. The Kier molecular flexibility index (Phi) is 4.26. The zero-order valence-electron chi connectivity index (χ0n) is 15.3. The quantitative estimate of drug-likeness (QED) is 0.823. The molecule has 5 rings (SSSR count). The van der Waals surface area contributed by atoms with Gasteiger partial charge < -0.3 is 19.1 Å². The molecule has 0 aromatic carbocycles. The molecule has 2 atom stereocenters. The second kappa shape index (κ2) is 6.59. The third-order valence-corrected chi connectivity index (χ3v) is 5.46. The molecule has 0 unspecified atom stereocenters. The second-order valence-electron chi connectivity index (χ2n) is 7.02. The van der Waals surface area contributed by atoms with Gasteiger partial charge in [0.1, 0.15) is 17.9 Å². The number of fused-ring (bicyclic) bond motifs is 4. The zero-order valence-corrected chi connectivity index (χ0v) is 15.3. The molecule has 26 heavy (non-hydrogen) atoms. The highest BCUT2D eigenvalue weighted by Crippen LogP contribution is 2.33. The predicted octanol–water partition coefficient (Wildman–Crippen LogP) is 1.72. The summed E-state index contributed by atoms with van der Waals surface area (Å²) in [5, 5.41) is 4.02. The minimum Gasteiger partial charge on any atom is -0.481 e. The number of piperidine rings is 1. The molecular formula is C18H23N5O3. The first-order valence-corrected chi connectivity index (χ1v) is 8.90. The summed E-state index contributed by atoms with van der Waals surface area (Å²) in [6.07, 6.45) is 3.42. The van der Waals surface area contributed by atoms with E-state index < -0.39 is 0 Å². The Morgan fingerprint density at radius 2 is 2.12 bits per heavy atom. The molecule has 0 N–H and O–H groups in total. The van der Waals surface area contributed by atoms with Crippen LogP contribution in [0.5, 0.6) is 5.88 Å². The first-order valence-electron chi connectivity index (χ1n) is 8.90. The number of carbonyl (C=O) groups excluding carboxylic acids is 1. The van der Waals surface area contributed by atoms with Gasteiger partial charge in [-0.2, -0.15) is 0 Å². The van der Waals surface area contributed by atoms with Gasteiger partial charge in [0.05, 0.1) is 25.3 Å². The number of nitrogens with zero attached hydrogens (tertiary/aromatic N) is 5. The van der Waals surface area contributed by atoms with Crippen molar-refractivity contribution in [2.24, 2.45) is 5.92 Å². The van der Waals surface area contributed by atoms with Gasteiger partial charge in [0.2, 0.25) is 11.8 Å². The Hall–Kier alpha value is -2.64. The molecule has 8 nitrogen and oxygen atoms in total. The van der Waals surface area contributed by atoms with Gasteiger partial charge >= 0.3 is 0 Å². The van der Waals surface area contributed by atoms with E-state index in [0.717, 1.165) is 42.2 Å². The molecule has 3 aliphatic heterocycles. The number of aromatic nitrogens is 3. The van der Waals surface area contributed by atoms with Crippen molar-refractivity contribution in [3.63, 3.8) is 0 Å². The maximum Gasteiger partial charge on any atom is 0.228 e. The lowest BCUT2D eigenvalue weighted by atomic mass is 9.93. The molecule has 0 radical (unpaired) electrons. The van der Waals surface area contributed by atoms with E-state index in [-0.39, 0.29) is 17.9 Å². The van der Waals surface area contributed by atoms with Crippen LogP contribution in [0.2, 0.25) is 0 Å². The molecule has 1 amide bonds. The van der Waals surface area contributed by atoms with Gasteiger partial charge in [-0.05, 0) is 26.7 Å². The average molecular weight is 357 g/mol. The standard InChI is InChI=1S/C18H23N5O3/c1-11-15(12(2)26-21-11)9-23-14-5-4-13(18(23)24)7-22(8-14)16-6-17(25-3)20-10-19-16/h6,10,13-14H,4-5,7-9H2,1-3H3/t13-,14+/m0/s1. The van der Waals surface area contributed by atoms with E-state index in [1.54, 1.807) is 7.11 Å². The second-order valence-corrected chi connectivity index (χ2v) is 7.02. The van der Waals surface area contributed by atoms with Gasteiger partial charge in [-0.15, -0.1) is 0 Å². The SMILES string of the molecule is COc1cc(N2C[C@@H]3CC[C@H](C2)N(Cc2c(C)noc2C)C3=O)ncn1. The molecule has 138 valence electrons. The number of amides is 1. The fourth-order valence-electron chi connectivity index (χ4n) is 3.95. The number of rotatable bonds is 4. The molecule has 8 heteroatoms. The van der Waals surface area contributed by atoms with E-state index in [1.807, 2.05) is 24.8 Å². The number of hydrogen-bond acceptors (Lipinski definition) is 7. The van der Waals surface area contributed by atoms with Crippen molar-refractivity contribution >= 4 is 11.7 Å². The Morgan fingerprint density at radius 1 is 1.27 bits per heavy atom. The maximum absolute atomic E-state index is 13.0. The van der Waals surface area contributed by atoms with Crippen molar-refractivity contribution in [3.8, 4) is 5.88 Å². The molecule has 2 aromatic rings. The monoisotopic (exact) mass is 357 g/mol. The Morgan fingerprint density at radius 3 is 2.85 bits per heavy atom. The normalized spacial score (nSPS) is 22.7. The number of ether oxygens (including phenoxy) is 1. The molecule has 0 saturated carbocycles. The van der Waals surface area contributed by atoms with Crippen molar-refractivity contribution < 1.29 is 14.1 Å². The van der Waals surface area contributed by atoms with Crippen LogP contribution >= 0.6 is 0 Å². The summed E-state index contributed by atoms with van der Waals surface area (Å²) in [5.74, 6) is 2.32. The van der Waals surface area contributed by atoms with Crippen LogP contribution in [0.25, 0.3) is 0 Å². The third kappa shape index (κ3) is 2.89. The van der Waals surface area contributed by atoms with Crippen molar-refractivity contribution in [1.82, 2.24) is 20.0 Å². The Bertz CT molecular complexity index is 801. The van der Waals surface area contributed by atoms with Crippen LogP contribution in [-0.2, 0) is 11.3 Å². The van der Waals surface area contributed by atoms with Gasteiger partial charge in [-0.25, -0.2) is 9.97 Å². The summed E-state index contributed by atoms with van der Waals surface area (Å²) in [6.45, 7) is 5.81. The summed E-state index contributed by atoms with van der Waals surface area (Å²) < 4.78 is 10.5. The van der Waals surface area contributed by atoms with E-state index in [9.17, 15) is 4.79 Å². The van der Waals surface area contributed by atoms with E-state index in [4.69, 9.17) is 9.26 Å². The van der Waals surface area contributed by atoms with Gasteiger partial charge in [0.25, 0.3) is 0 Å². The number of aryl methyl sites for hydroxylation is 2. The topological polar surface area (TPSA) is 84.6 Å². The van der Waals surface area contributed by atoms with Crippen molar-refractivity contribution in [2.45, 2.75) is 39.3 Å². The molecule has 0 spiro atoms. The minimum absolute atomic E-state index is 0.0183. The zero-order chi connectivity index (χ0) is 18.3. The van der Waals surface area contributed by atoms with Gasteiger partial charge in [-0.1, -0.05) is 5.16 Å². The lowest BCUT2D eigenvalue weighted by Crippen LogP contribution is -2.47. The van der Waals surface area contributed by atoms with Crippen molar-refractivity contribution in [2.75, 3.05) is 25.1 Å². The van der Waals surface area contributed by atoms with Crippen LogP contribution in [0.4, 0.5) is 5.82 Å². The average Bonchev–Trinajstić information content (AvgIpc) is 2.83. The number of hydrogen-bond donors (Lipinski definition) is 0. The van der Waals surface area contributed by atoms with E-state index >= 15 is 0 Å². The van der Waals surface area contributed by atoms with E-state index in [1.165, 1.54) is 6.33 Å². The van der Waals surface area contributed by atoms with E-state index in [2.05, 4.69) is 20.0 Å². The highest BCUT2D eigenvalue weighted by atomic mass is 16.5. The minimum atomic E-state index is -0.0183. The highest BCUT2D eigenvalue weighted by molar-refractivity contribution is 5.81. The summed E-state index contributed by atoms with van der Waals surface area (Å²) in [4.78, 5) is 25.7. The fourth-order valence-corrected chi connectivity index (χ4v) is 3.95. The molecule has 3 fully saturated rings. The molecule has 3 aliphatic rings. The van der Waals surface area contributed by atoms with Crippen molar-refractivity contribution in [3.05, 3.63) is 29.4 Å². The number of methoxy groups -OCH3 is 1. The van der Waals surface area contributed by atoms with Crippen LogP contribution in [0.15, 0.2) is 16.9 Å². The molecule has 2 aromatic heterocycles. The van der Waals surface area contributed by atoms with Crippen LogP contribution < -0.4 is 9.64 Å². The summed E-state index contributed by atoms with van der Waals surface area (Å²) in [6, 6.07) is 1.98. The van der Waals surface area contributed by atoms with Crippen LogP contribution in [0.1, 0.15) is 29.9 Å². The van der Waals surface area contributed by atoms with Crippen molar-refractivity contribution in [1.29, 1.82) is 0 Å². The summed E-state index contributed by atoms with van der Waals surface area (Å²) in [5.41, 5.74) is 1.87. The number of carbonyl (C=O) groups is 1. The van der Waals surface area contributed by atoms with Gasteiger partial charge in [0.15, 0.2) is 0 Å². The fraction of sp³-hybridized carbons (Fsp3) is 0.556. The molecular weight excluding hydrogens is 334 g/mol. The predicted molar refractivity (Wildman–Crippen MR) is 93.8 cm³/mol. The third-order valence-electron chi connectivity index (χ3n) is 5.46. The maximum atomic E-state index is 13.0. The largest absolute Gasteiger partial charge is 0.481 e. The van der Waals surface area contributed by atoms with Gasteiger partial charge in [0, 0.05) is 30.8 Å². The molecule has 3 saturated heterocycles. The number of anilines is 1. The highest BCUT2D eigenvalue weighted by Gasteiger charge is 2.41. The molecule has 2 bridgehead atoms. The van der Waals surface area contributed by atoms with Crippen LogP contribution in [0.3, 0.4) is 0 Å². The smallest absolute Gasteiger partial charge is 0.228 e.